The number of rotatable bonds is 5. The molecule has 0 radical (unpaired) electrons. The van der Waals surface area contributed by atoms with Gasteiger partial charge in [0.25, 0.3) is 0 Å². The van der Waals surface area contributed by atoms with Crippen molar-refractivity contribution in [3.63, 3.8) is 0 Å². The number of benzene rings is 1. The molecule has 1 aromatic carbocycles. The molecule has 1 atom stereocenters. The number of hydrogen-bond donors (Lipinski definition) is 1. The van der Waals surface area contributed by atoms with Crippen LogP contribution < -0.4 is 5.32 Å². The summed E-state index contributed by atoms with van der Waals surface area (Å²) in [5, 5.41) is 3.21. The first-order chi connectivity index (χ1) is 6.74. The van der Waals surface area contributed by atoms with Gasteiger partial charge < -0.3 is 5.32 Å². The Labute approximate surface area is 91.3 Å². The summed E-state index contributed by atoms with van der Waals surface area (Å²) in [6.07, 6.45) is 0. The van der Waals surface area contributed by atoms with E-state index in [4.69, 9.17) is 0 Å². The fourth-order valence-electron chi connectivity index (χ4n) is 1.36. The van der Waals surface area contributed by atoms with Crippen LogP contribution in [0.3, 0.4) is 0 Å². The Morgan fingerprint density at radius 3 is 2.71 bits per heavy atom. The molecule has 0 amide bonds. The average molecular weight is 209 g/mol. The molecule has 0 aliphatic rings. The average Bonchev–Trinajstić information content (AvgIpc) is 2.17. The topological polar surface area (TPSA) is 12.0 Å². The van der Waals surface area contributed by atoms with Crippen LogP contribution in [0, 0.1) is 12.8 Å². The second-order valence-electron chi connectivity index (χ2n) is 3.74. The maximum absolute atomic E-state index is 3.21. The molecule has 1 N–H and O–H groups in total. The summed E-state index contributed by atoms with van der Waals surface area (Å²) in [4.78, 5) is 1.41. The van der Waals surface area contributed by atoms with Crippen LogP contribution in [-0.2, 0) is 0 Å². The van der Waals surface area contributed by atoms with Gasteiger partial charge in [-0.2, -0.15) is 0 Å². The van der Waals surface area contributed by atoms with E-state index in [1.54, 1.807) is 0 Å². The summed E-state index contributed by atoms with van der Waals surface area (Å²) < 4.78 is 0. The van der Waals surface area contributed by atoms with Gasteiger partial charge in [-0.25, -0.2) is 0 Å². The number of nitrogens with one attached hydrogen (secondary N) is 1. The maximum Gasteiger partial charge on any atom is 0.0101 e. The van der Waals surface area contributed by atoms with E-state index in [9.17, 15) is 0 Å². The Hall–Kier alpha value is -0.470. The summed E-state index contributed by atoms with van der Waals surface area (Å²) in [7, 11) is 2.01. The minimum Gasteiger partial charge on any atom is -0.319 e. The van der Waals surface area contributed by atoms with E-state index < -0.39 is 0 Å². The molecule has 1 unspecified atom stereocenters. The van der Waals surface area contributed by atoms with Crippen molar-refractivity contribution >= 4 is 11.8 Å². The van der Waals surface area contributed by atoms with Crippen LogP contribution in [0.4, 0.5) is 0 Å². The molecule has 78 valence electrons. The Bertz CT molecular complexity index is 273. The van der Waals surface area contributed by atoms with E-state index in [0.29, 0.717) is 0 Å². The van der Waals surface area contributed by atoms with Crippen molar-refractivity contribution < 1.29 is 0 Å². The van der Waals surface area contributed by atoms with Gasteiger partial charge in [0.2, 0.25) is 0 Å². The zero-order chi connectivity index (χ0) is 10.4. The molecule has 1 rings (SSSR count). The van der Waals surface area contributed by atoms with Crippen LogP contribution in [0.5, 0.6) is 0 Å². The number of aryl methyl sites for hydroxylation is 1. The predicted octanol–water partition coefficient (Wildman–Crippen LogP) is 2.94. The van der Waals surface area contributed by atoms with Gasteiger partial charge in [-0.3, -0.25) is 0 Å². The van der Waals surface area contributed by atoms with Crippen LogP contribution in [0.15, 0.2) is 29.2 Å². The summed E-state index contributed by atoms with van der Waals surface area (Å²) in [6.45, 7) is 5.55. The molecule has 0 fully saturated rings. The summed E-state index contributed by atoms with van der Waals surface area (Å²) >= 11 is 1.96. The van der Waals surface area contributed by atoms with Crippen LogP contribution in [0.2, 0.25) is 0 Å². The zero-order valence-corrected chi connectivity index (χ0v) is 10.0. The van der Waals surface area contributed by atoms with Crippen molar-refractivity contribution in [3.05, 3.63) is 29.8 Å². The lowest BCUT2D eigenvalue weighted by Crippen LogP contribution is -2.17. The van der Waals surface area contributed by atoms with E-state index in [1.165, 1.54) is 16.2 Å². The lowest BCUT2D eigenvalue weighted by atomic mass is 10.2. The number of thioether (sulfide) groups is 1. The summed E-state index contributed by atoms with van der Waals surface area (Å²) in [5.74, 6) is 1.91. The molecule has 0 bridgehead atoms. The van der Waals surface area contributed by atoms with E-state index >= 15 is 0 Å². The van der Waals surface area contributed by atoms with E-state index in [2.05, 4.69) is 43.4 Å². The Balaban J connectivity index is 2.41. The monoisotopic (exact) mass is 209 g/mol. The lowest BCUT2D eigenvalue weighted by molar-refractivity contribution is 0.603. The van der Waals surface area contributed by atoms with Gasteiger partial charge >= 0.3 is 0 Å². The summed E-state index contributed by atoms with van der Waals surface area (Å²) in [6, 6.07) is 8.58. The third-order valence-electron chi connectivity index (χ3n) is 2.17. The Morgan fingerprint density at radius 1 is 1.36 bits per heavy atom. The molecular weight excluding hydrogens is 190 g/mol. The molecule has 1 nitrogen and oxygen atoms in total. The minimum absolute atomic E-state index is 0.726. The Morgan fingerprint density at radius 2 is 2.07 bits per heavy atom. The standard InChI is InChI=1S/C12H19NS/c1-10(8-13-3)9-14-12-7-5-4-6-11(12)2/h4-7,10,13H,8-9H2,1-3H3. The first kappa shape index (κ1) is 11.6. The molecule has 1 aromatic rings. The van der Waals surface area contributed by atoms with Crippen molar-refractivity contribution in [2.24, 2.45) is 5.92 Å². The van der Waals surface area contributed by atoms with E-state index in [1.807, 2.05) is 18.8 Å². The highest BCUT2D eigenvalue weighted by atomic mass is 32.2. The highest BCUT2D eigenvalue weighted by Crippen LogP contribution is 2.23. The fraction of sp³-hybridized carbons (Fsp3) is 0.500. The van der Waals surface area contributed by atoms with Gasteiger partial charge in [-0.05, 0) is 38.1 Å². The van der Waals surface area contributed by atoms with Gasteiger partial charge in [0.15, 0.2) is 0 Å². The van der Waals surface area contributed by atoms with Crippen LogP contribution >= 0.6 is 11.8 Å². The van der Waals surface area contributed by atoms with Gasteiger partial charge in [0.1, 0.15) is 0 Å². The summed E-state index contributed by atoms with van der Waals surface area (Å²) in [5.41, 5.74) is 1.38. The van der Waals surface area contributed by atoms with Crippen molar-refractivity contribution in [1.29, 1.82) is 0 Å². The van der Waals surface area contributed by atoms with Crippen molar-refractivity contribution in [2.75, 3.05) is 19.3 Å². The van der Waals surface area contributed by atoms with Gasteiger partial charge in [-0.1, -0.05) is 25.1 Å². The minimum atomic E-state index is 0.726. The molecule has 14 heavy (non-hydrogen) atoms. The maximum atomic E-state index is 3.21. The SMILES string of the molecule is CNCC(C)CSc1ccccc1C. The zero-order valence-electron chi connectivity index (χ0n) is 9.21. The number of hydrogen-bond acceptors (Lipinski definition) is 2. The van der Waals surface area contributed by atoms with Crippen molar-refractivity contribution in [2.45, 2.75) is 18.7 Å². The fourth-order valence-corrected chi connectivity index (χ4v) is 2.41. The predicted molar refractivity (Wildman–Crippen MR) is 65.0 cm³/mol. The highest BCUT2D eigenvalue weighted by molar-refractivity contribution is 7.99. The molecule has 0 aromatic heterocycles. The first-order valence-electron chi connectivity index (χ1n) is 5.07. The van der Waals surface area contributed by atoms with Crippen LogP contribution in [-0.4, -0.2) is 19.3 Å². The molecule has 0 spiro atoms. The quantitative estimate of drug-likeness (QED) is 0.748. The molecule has 0 heterocycles. The van der Waals surface area contributed by atoms with Gasteiger partial charge in [-0.15, -0.1) is 11.8 Å². The van der Waals surface area contributed by atoms with Crippen LogP contribution in [0.25, 0.3) is 0 Å². The third-order valence-corrected chi connectivity index (χ3v) is 3.67. The van der Waals surface area contributed by atoms with E-state index in [0.717, 1.165) is 12.5 Å². The van der Waals surface area contributed by atoms with E-state index in [-0.39, 0.29) is 0 Å². The normalized spacial score (nSPS) is 12.8. The highest BCUT2D eigenvalue weighted by Gasteiger charge is 2.03. The van der Waals surface area contributed by atoms with Gasteiger partial charge in [0.05, 0.1) is 0 Å². The molecule has 0 aliphatic heterocycles. The van der Waals surface area contributed by atoms with Crippen molar-refractivity contribution in [1.82, 2.24) is 5.32 Å². The molecule has 2 heteroatoms. The second kappa shape index (κ2) is 6.10. The first-order valence-corrected chi connectivity index (χ1v) is 6.05. The molecular formula is C12H19NS. The van der Waals surface area contributed by atoms with Gasteiger partial charge in [0, 0.05) is 10.6 Å². The van der Waals surface area contributed by atoms with Crippen molar-refractivity contribution in [3.8, 4) is 0 Å². The molecule has 0 aliphatic carbocycles. The lowest BCUT2D eigenvalue weighted by Gasteiger charge is -2.11. The molecule has 0 saturated heterocycles. The molecule has 0 saturated carbocycles. The second-order valence-corrected chi connectivity index (χ2v) is 4.80. The third kappa shape index (κ3) is 3.72. The smallest absolute Gasteiger partial charge is 0.0101 e. The van der Waals surface area contributed by atoms with Crippen LogP contribution in [0.1, 0.15) is 12.5 Å². The Kier molecular flexibility index (Phi) is 5.05. The largest absolute Gasteiger partial charge is 0.319 e.